The minimum Gasteiger partial charge on any atom is -0.301 e. The molecule has 0 spiro atoms. The quantitative estimate of drug-likeness (QED) is 0.668. The topological polar surface area (TPSA) is 59.3 Å². The molecule has 1 N–H and O–H groups in total. The van der Waals surface area contributed by atoms with Gasteiger partial charge in [-0.05, 0) is 25.1 Å². The second-order valence-corrected chi connectivity index (χ2v) is 8.69. The number of nitrogens with one attached hydrogen (secondary N) is 1. The van der Waals surface area contributed by atoms with Crippen molar-refractivity contribution < 1.29 is 4.79 Å². The summed E-state index contributed by atoms with van der Waals surface area (Å²) < 4.78 is 1.85. The van der Waals surface area contributed by atoms with E-state index in [9.17, 15) is 4.79 Å². The zero-order valence-corrected chi connectivity index (χ0v) is 16.9. The van der Waals surface area contributed by atoms with E-state index in [-0.39, 0.29) is 5.91 Å². The van der Waals surface area contributed by atoms with Gasteiger partial charge in [-0.25, -0.2) is 4.68 Å². The van der Waals surface area contributed by atoms with E-state index >= 15 is 0 Å². The molecule has 0 aliphatic carbocycles. The molecule has 1 aliphatic rings. The molecule has 1 aromatic carbocycles. The number of amidine groups is 1. The zero-order chi connectivity index (χ0) is 18.3. The predicted octanol–water partition coefficient (Wildman–Crippen LogP) is 4.59. The largest absolute Gasteiger partial charge is 0.301 e. The summed E-state index contributed by atoms with van der Waals surface area (Å²) in [7, 11) is 0. The van der Waals surface area contributed by atoms with Crippen molar-refractivity contribution in [2.45, 2.75) is 13.5 Å². The fraction of sp³-hybridized carbons (Fsp3) is 0.235. The number of aryl methyl sites for hydroxylation is 1. The molecule has 134 valence electrons. The summed E-state index contributed by atoms with van der Waals surface area (Å²) in [5.41, 5.74) is 1.68. The number of rotatable bonds is 3. The Morgan fingerprint density at radius 1 is 1.35 bits per heavy atom. The van der Waals surface area contributed by atoms with Crippen LogP contribution in [0.3, 0.4) is 0 Å². The van der Waals surface area contributed by atoms with Crippen LogP contribution in [0.1, 0.15) is 20.9 Å². The number of fused-ring (bicyclic) bond motifs is 1. The third kappa shape index (κ3) is 3.36. The van der Waals surface area contributed by atoms with E-state index in [1.165, 1.54) is 11.3 Å². The summed E-state index contributed by atoms with van der Waals surface area (Å²) in [5, 5.41) is 10.3. The molecule has 0 bridgehead atoms. The van der Waals surface area contributed by atoms with Gasteiger partial charge >= 0.3 is 0 Å². The van der Waals surface area contributed by atoms with Crippen LogP contribution in [0.15, 0.2) is 29.3 Å². The average molecular weight is 425 g/mol. The Morgan fingerprint density at radius 2 is 2.12 bits per heavy atom. The molecule has 9 heteroatoms. The summed E-state index contributed by atoms with van der Waals surface area (Å²) in [6.45, 7) is 3.13. The lowest BCUT2D eigenvalue weighted by Gasteiger charge is -2.07. The van der Waals surface area contributed by atoms with Gasteiger partial charge in [-0.1, -0.05) is 41.0 Å². The van der Waals surface area contributed by atoms with Crippen LogP contribution in [0.2, 0.25) is 10.0 Å². The normalized spacial score (nSPS) is 14.0. The first kappa shape index (κ1) is 17.9. The van der Waals surface area contributed by atoms with Crippen molar-refractivity contribution in [3.05, 3.63) is 50.4 Å². The lowest BCUT2D eigenvalue weighted by molar-refractivity contribution is 0.0982. The molecule has 0 radical (unpaired) electrons. The number of thioether (sulfide) groups is 1. The number of carbonyl (C=O) groups excluding carboxylic acids is 1. The number of aliphatic imine (C=N–C) groups is 1. The highest BCUT2D eigenvalue weighted by Crippen LogP contribution is 2.31. The Labute approximate surface area is 168 Å². The van der Waals surface area contributed by atoms with Crippen LogP contribution in [-0.2, 0) is 6.54 Å². The summed E-state index contributed by atoms with van der Waals surface area (Å²) >= 11 is 15.5. The van der Waals surface area contributed by atoms with E-state index in [0.29, 0.717) is 26.6 Å². The van der Waals surface area contributed by atoms with E-state index in [0.717, 1.165) is 33.8 Å². The number of aromatic nitrogens is 2. The highest BCUT2D eigenvalue weighted by atomic mass is 35.5. The molecule has 3 aromatic rings. The molecule has 3 heterocycles. The molecule has 0 atom stereocenters. The number of amides is 1. The van der Waals surface area contributed by atoms with Gasteiger partial charge in [0, 0.05) is 26.7 Å². The van der Waals surface area contributed by atoms with Crippen LogP contribution < -0.4 is 5.32 Å². The molecular weight excluding hydrogens is 411 g/mol. The lowest BCUT2D eigenvalue weighted by atomic mass is 10.2. The second-order valence-electron chi connectivity index (χ2n) is 5.76. The molecule has 0 unspecified atom stereocenters. The van der Waals surface area contributed by atoms with Gasteiger partial charge in [0.05, 0.1) is 23.7 Å². The third-order valence-electron chi connectivity index (χ3n) is 4.01. The van der Waals surface area contributed by atoms with Crippen molar-refractivity contribution in [2.24, 2.45) is 4.99 Å². The molecule has 2 aromatic heterocycles. The standard InChI is InChI=1S/C17H14Cl2N4OS2/c1-9-10-7-14(15(24)21-17-20-5-6-25-17)26-16(10)23(22-9)8-11-12(18)3-2-4-13(11)19/h2-4,7H,5-6,8H2,1H3,(H,20,21,24). The fourth-order valence-electron chi connectivity index (χ4n) is 2.73. The molecule has 5 nitrogen and oxygen atoms in total. The SMILES string of the molecule is Cc1nn(Cc2c(Cl)cccc2Cl)c2sc(C(=O)NC3=NCCS3)cc12. The van der Waals surface area contributed by atoms with Gasteiger partial charge < -0.3 is 5.32 Å². The summed E-state index contributed by atoms with van der Waals surface area (Å²) in [6, 6.07) is 7.31. The number of thiophene rings is 1. The van der Waals surface area contributed by atoms with Gasteiger partial charge in [0.1, 0.15) is 4.83 Å². The fourth-order valence-corrected chi connectivity index (χ4v) is 5.03. The first-order chi connectivity index (χ1) is 12.5. The van der Waals surface area contributed by atoms with Gasteiger partial charge in [-0.15, -0.1) is 11.3 Å². The van der Waals surface area contributed by atoms with Gasteiger partial charge in [0.25, 0.3) is 5.91 Å². The lowest BCUT2D eigenvalue weighted by Crippen LogP contribution is -2.26. The van der Waals surface area contributed by atoms with Crippen molar-refractivity contribution in [3.63, 3.8) is 0 Å². The highest BCUT2D eigenvalue weighted by molar-refractivity contribution is 8.14. The maximum Gasteiger partial charge on any atom is 0.267 e. The third-order valence-corrected chi connectivity index (χ3v) is 6.75. The molecule has 4 rings (SSSR count). The van der Waals surface area contributed by atoms with Crippen molar-refractivity contribution >= 4 is 67.6 Å². The summed E-state index contributed by atoms with van der Waals surface area (Å²) in [4.78, 5) is 18.3. The Morgan fingerprint density at radius 3 is 2.81 bits per heavy atom. The van der Waals surface area contributed by atoms with Crippen LogP contribution in [0, 0.1) is 6.92 Å². The molecule has 0 saturated carbocycles. The van der Waals surface area contributed by atoms with E-state index in [2.05, 4.69) is 15.4 Å². The van der Waals surface area contributed by atoms with E-state index in [1.54, 1.807) is 11.8 Å². The van der Waals surface area contributed by atoms with Crippen LogP contribution >= 0.6 is 46.3 Å². The van der Waals surface area contributed by atoms with Crippen LogP contribution in [0.25, 0.3) is 10.2 Å². The van der Waals surface area contributed by atoms with E-state index in [1.807, 2.05) is 35.9 Å². The second kappa shape index (κ2) is 7.23. The first-order valence-corrected chi connectivity index (χ1v) is 10.5. The number of benzene rings is 1. The summed E-state index contributed by atoms with van der Waals surface area (Å²) in [6.07, 6.45) is 0. The van der Waals surface area contributed by atoms with Crippen molar-refractivity contribution in [1.82, 2.24) is 15.1 Å². The van der Waals surface area contributed by atoms with Gasteiger partial charge in [0.2, 0.25) is 0 Å². The maximum absolute atomic E-state index is 12.5. The minimum absolute atomic E-state index is 0.138. The predicted molar refractivity (Wildman–Crippen MR) is 110 cm³/mol. The number of hydrogen-bond donors (Lipinski definition) is 1. The molecular formula is C17H14Cl2N4OS2. The van der Waals surface area contributed by atoms with Gasteiger partial charge in [0.15, 0.2) is 5.17 Å². The van der Waals surface area contributed by atoms with Crippen LogP contribution in [0.5, 0.6) is 0 Å². The van der Waals surface area contributed by atoms with E-state index < -0.39 is 0 Å². The Hall–Kier alpha value is -1.54. The first-order valence-electron chi connectivity index (χ1n) is 7.91. The van der Waals surface area contributed by atoms with Crippen molar-refractivity contribution in [1.29, 1.82) is 0 Å². The highest BCUT2D eigenvalue weighted by Gasteiger charge is 2.19. The monoisotopic (exact) mass is 424 g/mol. The Kier molecular flexibility index (Phi) is 4.96. The number of hydrogen-bond acceptors (Lipinski definition) is 5. The zero-order valence-electron chi connectivity index (χ0n) is 13.8. The number of nitrogens with zero attached hydrogens (tertiary/aromatic N) is 3. The molecule has 0 saturated heterocycles. The smallest absolute Gasteiger partial charge is 0.267 e. The van der Waals surface area contributed by atoms with Crippen molar-refractivity contribution in [3.8, 4) is 0 Å². The van der Waals surface area contributed by atoms with Gasteiger partial charge in [-0.3, -0.25) is 9.79 Å². The van der Waals surface area contributed by atoms with Crippen LogP contribution in [-0.4, -0.2) is 33.2 Å². The van der Waals surface area contributed by atoms with Crippen LogP contribution in [0.4, 0.5) is 0 Å². The van der Waals surface area contributed by atoms with E-state index in [4.69, 9.17) is 23.2 Å². The maximum atomic E-state index is 12.5. The summed E-state index contributed by atoms with van der Waals surface area (Å²) in [5.74, 6) is 0.774. The number of halogens is 2. The molecule has 0 fully saturated rings. The Bertz CT molecular complexity index is 1020. The molecule has 1 amide bonds. The number of carbonyl (C=O) groups is 1. The minimum atomic E-state index is -0.138. The van der Waals surface area contributed by atoms with Gasteiger partial charge in [-0.2, -0.15) is 5.10 Å². The molecule has 1 aliphatic heterocycles. The molecule has 26 heavy (non-hydrogen) atoms. The Balaban J connectivity index is 1.66. The van der Waals surface area contributed by atoms with Crippen molar-refractivity contribution in [2.75, 3.05) is 12.3 Å². The average Bonchev–Trinajstić information content (AvgIpc) is 3.30.